The highest BCUT2D eigenvalue weighted by Crippen LogP contribution is 2.32. The van der Waals surface area contributed by atoms with Crippen LogP contribution < -0.4 is 10.0 Å². The summed E-state index contributed by atoms with van der Waals surface area (Å²) in [7, 11) is -3.62. The van der Waals surface area contributed by atoms with E-state index < -0.39 is 33.7 Å². The molecule has 0 heterocycles. The summed E-state index contributed by atoms with van der Waals surface area (Å²) >= 11 is 5.97. The summed E-state index contributed by atoms with van der Waals surface area (Å²) in [4.78, 5) is 12.8. The zero-order valence-corrected chi connectivity index (χ0v) is 18.1. The zero-order valence-electron chi connectivity index (χ0n) is 16.5. The number of alkyl halides is 3. The minimum atomic E-state index is -4.50. The summed E-state index contributed by atoms with van der Waals surface area (Å²) in [6, 6.07) is 8.20. The summed E-state index contributed by atoms with van der Waals surface area (Å²) in [6.45, 7) is 3.78. The van der Waals surface area contributed by atoms with Crippen molar-refractivity contribution >= 4 is 33.2 Å². The van der Waals surface area contributed by atoms with E-state index in [4.69, 9.17) is 11.6 Å². The molecule has 2 N–H and O–H groups in total. The predicted octanol–water partition coefficient (Wildman–Crippen LogP) is 5.25. The van der Waals surface area contributed by atoms with Gasteiger partial charge in [-0.2, -0.15) is 13.2 Å². The molecule has 0 saturated carbocycles. The van der Waals surface area contributed by atoms with Gasteiger partial charge in [-0.1, -0.05) is 37.6 Å². The lowest BCUT2D eigenvalue weighted by atomic mass is 9.95. The Morgan fingerprint density at radius 3 is 2.37 bits per heavy atom. The molecule has 0 aromatic heterocycles. The van der Waals surface area contributed by atoms with Crippen LogP contribution in [0, 0.1) is 5.92 Å². The highest BCUT2D eigenvalue weighted by molar-refractivity contribution is 7.92. The number of sulfonamides is 1. The van der Waals surface area contributed by atoms with Crippen LogP contribution in [0.4, 0.5) is 18.9 Å². The van der Waals surface area contributed by atoms with Crippen LogP contribution in [0.25, 0.3) is 0 Å². The van der Waals surface area contributed by atoms with Crippen LogP contribution in [0.5, 0.6) is 0 Å². The third-order valence-corrected chi connectivity index (χ3v) is 5.07. The van der Waals surface area contributed by atoms with E-state index in [2.05, 4.69) is 10.0 Å². The van der Waals surface area contributed by atoms with E-state index in [1.54, 1.807) is 0 Å². The van der Waals surface area contributed by atoms with Gasteiger partial charge in [0, 0.05) is 5.56 Å². The number of hydrogen-bond acceptors (Lipinski definition) is 3. The number of carbonyl (C=O) groups excluding carboxylic acids is 1. The molecule has 0 bridgehead atoms. The molecule has 10 heteroatoms. The standard InChI is InChI=1S/C20H22ClF3N2O3S/c1-12(2)9-17(13-5-4-6-15(10-13)20(22,23)24)25-19(27)14-7-8-16(21)18(11-14)26-30(3,28)29/h4-8,10-12,17,26H,9H2,1-3H3,(H,25,27). The fourth-order valence-electron chi connectivity index (χ4n) is 2.87. The van der Waals surface area contributed by atoms with Gasteiger partial charge >= 0.3 is 6.18 Å². The Hall–Kier alpha value is -2.26. The fraction of sp³-hybridized carbons (Fsp3) is 0.350. The van der Waals surface area contributed by atoms with Crippen molar-refractivity contribution < 1.29 is 26.4 Å². The Labute approximate surface area is 178 Å². The summed E-state index contributed by atoms with van der Waals surface area (Å²) in [5.41, 5.74) is -0.318. The Morgan fingerprint density at radius 1 is 1.13 bits per heavy atom. The Bertz CT molecular complexity index is 1020. The van der Waals surface area contributed by atoms with Gasteiger partial charge in [-0.3, -0.25) is 9.52 Å². The van der Waals surface area contributed by atoms with Gasteiger partial charge in [0.05, 0.1) is 28.6 Å². The van der Waals surface area contributed by atoms with Gasteiger partial charge in [0.1, 0.15) is 0 Å². The SMILES string of the molecule is CC(C)CC(NC(=O)c1ccc(Cl)c(NS(C)(=O)=O)c1)c1cccc(C(F)(F)F)c1. The second-order valence-corrected chi connectivity index (χ2v) is 9.50. The number of carbonyl (C=O) groups is 1. The minimum Gasteiger partial charge on any atom is -0.345 e. The van der Waals surface area contributed by atoms with Gasteiger partial charge in [0.25, 0.3) is 5.91 Å². The molecule has 0 aliphatic carbocycles. The van der Waals surface area contributed by atoms with Crippen molar-refractivity contribution in [3.63, 3.8) is 0 Å². The molecule has 0 radical (unpaired) electrons. The Morgan fingerprint density at radius 2 is 1.80 bits per heavy atom. The summed E-state index contributed by atoms with van der Waals surface area (Å²) in [6.07, 6.45) is -3.14. The minimum absolute atomic E-state index is 0.0336. The maximum atomic E-state index is 13.1. The molecule has 1 atom stereocenters. The molecule has 1 amide bonds. The molecule has 0 fully saturated rings. The van der Waals surface area contributed by atoms with Gasteiger partial charge < -0.3 is 5.32 Å². The lowest BCUT2D eigenvalue weighted by Crippen LogP contribution is -2.30. The molecular weight excluding hydrogens is 441 g/mol. The maximum Gasteiger partial charge on any atom is 0.416 e. The molecule has 2 aromatic rings. The molecule has 164 valence electrons. The zero-order chi connectivity index (χ0) is 22.7. The summed E-state index contributed by atoms with van der Waals surface area (Å²) in [5.74, 6) is -0.469. The number of rotatable bonds is 7. The van der Waals surface area contributed by atoms with Crippen LogP contribution >= 0.6 is 11.6 Å². The van der Waals surface area contributed by atoms with Crippen molar-refractivity contribution in [3.05, 3.63) is 64.2 Å². The number of hydrogen-bond donors (Lipinski definition) is 2. The summed E-state index contributed by atoms with van der Waals surface area (Å²) < 4.78 is 64.4. The van der Waals surface area contributed by atoms with Gasteiger partial charge in [-0.25, -0.2) is 8.42 Å². The number of benzene rings is 2. The van der Waals surface area contributed by atoms with E-state index in [1.807, 2.05) is 13.8 Å². The Balaban J connectivity index is 2.34. The molecule has 5 nitrogen and oxygen atoms in total. The van der Waals surface area contributed by atoms with Crippen LogP contribution in [0.2, 0.25) is 5.02 Å². The first kappa shape index (κ1) is 24.0. The van der Waals surface area contributed by atoms with Gasteiger partial charge in [-0.05, 0) is 48.2 Å². The highest BCUT2D eigenvalue weighted by Gasteiger charge is 2.31. The van der Waals surface area contributed by atoms with Crippen LogP contribution in [-0.2, 0) is 16.2 Å². The van der Waals surface area contributed by atoms with E-state index in [-0.39, 0.29) is 22.2 Å². The lowest BCUT2D eigenvalue weighted by molar-refractivity contribution is -0.137. The van der Waals surface area contributed by atoms with Crippen molar-refractivity contribution in [1.82, 2.24) is 5.32 Å². The number of nitrogens with one attached hydrogen (secondary N) is 2. The molecule has 2 aromatic carbocycles. The van der Waals surface area contributed by atoms with Crippen LogP contribution in [-0.4, -0.2) is 20.6 Å². The molecule has 0 spiro atoms. The number of halogens is 4. The largest absolute Gasteiger partial charge is 0.416 e. The second-order valence-electron chi connectivity index (χ2n) is 7.35. The summed E-state index contributed by atoms with van der Waals surface area (Å²) in [5, 5.41) is 2.85. The Kier molecular flexibility index (Phi) is 7.41. The van der Waals surface area contributed by atoms with Gasteiger partial charge in [0.2, 0.25) is 10.0 Å². The van der Waals surface area contributed by atoms with Crippen LogP contribution in [0.3, 0.4) is 0 Å². The van der Waals surface area contributed by atoms with Crippen molar-refractivity contribution in [2.75, 3.05) is 11.0 Å². The van der Waals surface area contributed by atoms with Gasteiger partial charge in [0.15, 0.2) is 0 Å². The molecule has 30 heavy (non-hydrogen) atoms. The third-order valence-electron chi connectivity index (χ3n) is 4.15. The first-order valence-corrected chi connectivity index (χ1v) is 11.3. The van der Waals surface area contributed by atoms with E-state index >= 15 is 0 Å². The first-order valence-electron chi connectivity index (χ1n) is 9.01. The maximum absolute atomic E-state index is 13.1. The molecule has 0 saturated heterocycles. The van der Waals surface area contributed by atoms with Gasteiger partial charge in [-0.15, -0.1) is 0 Å². The number of anilines is 1. The first-order chi connectivity index (χ1) is 13.8. The molecule has 0 aliphatic heterocycles. The number of amides is 1. The average Bonchev–Trinajstić information content (AvgIpc) is 2.61. The molecule has 2 rings (SSSR count). The third kappa shape index (κ3) is 6.91. The monoisotopic (exact) mass is 462 g/mol. The molecular formula is C20H22ClF3N2O3S. The quantitative estimate of drug-likeness (QED) is 0.590. The van der Waals surface area contributed by atoms with Crippen molar-refractivity contribution in [2.24, 2.45) is 5.92 Å². The van der Waals surface area contributed by atoms with E-state index in [1.165, 1.54) is 30.3 Å². The van der Waals surface area contributed by atoms with E-state index in [0.29, 0.717) is 12.0 Å². The van der Waals surface area contributed by atoms with E-state index in [9.17, 15) is 26.4 Å². The van der Waals surface area contributed by atoms with E-state index in [0.717, 1.165) is 18.4 Å². The normalized spacial score (nSPS) is 13.2. The van der Waals surface area contributed by atoms with Crippen molar-refractivity contribution in [3.8, 4) is 0 Å². The average molecular weight is 463 g/mol. The topological polar surface area (TPSA) is 75.3 Å². The molecule has 1 unspecified atom stereocenters. The van der Waals surface area contributed by atoms with Crippen LogP contribution in [0.1, 0.15) is 47.8 Å². The second kappa shape index (κ2) is 9.26. The smallest absolute Gasteiger partial charge is 0.345 e. The molecule has 0 aliphatic rings. The fourth-order valence-corrected chi connectivity index (χ4v) is 3.66. The van der Waals surface area contributed by atoms with Crippen molar-refractivity contribution in [1.29, 1.82) is 0 Å². The van der Waals surface area contributed by atoms with Crippen molar-refractivity contribution in [2.45, 2.75) is 32.5 Å². The predicted molar refractivity (Wildman–Crippen MR) is 111 cm³/mol. The lowest BCUT2D eigenvalue weighted by Gasteiger charge is -2.22. The highest BCUT2D eigenvalue weighted by atomic mass is 35.5. The van der Waals surface area contributed by atoms with Crippen LogP contribution in [0.15, 0.2) is 42.5 Å².